The van der Waals surface area contributed by atoms with Crippen LogP contribution < -0.4 is 0 Å². The lowest BCUT2D eigenvalue weighted by atomic mass is 9.99. The minimum absolute atomic E-state index is 0.625. The molecule has 52 valence electrons. The maximum Gasteiger partial charge on any atom is 0.0585 e. The highest BCUT2D eigenvalue weighted by molar-refractivity contribution is 7.78. The summed E-state index contributed by atoms with van der Waals surface area (Å²) in [5.41, 5.74) is 0. The molecule has 0 aliphatic carbocycles. The Bertz CT molecular complexity index is 114. The highest BCUT2D eigenvalue weighted by Gasteiger charge is 2.03. The highest BCUT2D eigenvalue weighted by Crippen LogP contribution is 2.08. The first-order valence-corrected chi connectivity index (χ1v) is 3.63. The molecule has 0 amide bonds. The van der Waals surface area contributed by atoms with E-state index in [0.29, 0.717) is 11.8 Å². The fourth-order valence-electron chi connectivity index (χ4n) is 0.392. The summed E-state index contributed by atoms with van der Waals surface area (Å²) in [5.74, 6) is 1.32. The molecule has 9 heavy (non-hydrogen) atoms. The van der Waals surface area contributed by atoms with E-state index in [4.69, 9.17) is 0 Å². The van der Waals surface area contributed by atoms with E-state index >= 15 is 0 Å². The topological polar surface area (TPSA) is 12.4 Å². The number of thiocarbonyl (C=S) groups is 1. The van der Waals surface area contributed by atoms with Gasteiger partial charge in [0.15, 0.2) is 0 Å². The molecule has 0 aromatic heterocycles. The minimum atomic E-state index is 0.625. The van der Waals surface area contributed by atoms with Crippen LogP contribution >= 0.6 is 12.2 Å². The third-order valence-electron chi connectivity index (χ3n) is 1.58. The third-order valence-corrected chi connectivity index (χ3v) is 1.71. The molecule has 0 bridgehead atoms. The van der Waals surface area contributed by atoms with Crippen LogP contribution in [0.3, 0.4) is 0 Å². The number of isothiocyanates is 1. The quantitative estimate of drug-likeness (QED) is 0.436. The van der Waals surface area contributed by atoms with E-state index in [0.717, 1.165) is 6.54 Å². The highest BCUT2D eigenvalue weighted by atomic mass is 32.1. The first-order chi connectivity index (χ1) is 4.18. The monoisotopic (exact) mass is 143 g/mol. The van der Waals surface area contributed by atoms with Crippen LogP contribution in [0.4, 0.5) is 0 Å². The van der Waals surface area contributed by atoms with Crippen molar-refractivity contribution in [3.05, 3.63) is 0 Å². The van der Waals surface area contributed by atoms with Gasteiger partial charge in [-0.05, 0) is 24.1 Å². The molecule has 0 spiro atoms. The van der Waals surface area contributed by atoms with Gasteiger partial charge >= 0.3 is 0 Å². The van der Waals surface area contributed by atoms with Crippen LogP contribution in [-0.4, -0.2) is 11.7 Å². The van der Waals surface area contributed by atoms with Gasteiger partial charge < -0.3 is 0 Å². The first kappa shape index (κ1) is 8.80. The van der Waals surface area contributed by atoms with Crippen LogP contribution in [0.5, 0.6) is 0 Å². The van der Waals surface area contributed by atoms with Crippen molar-refractivity contribution in [3.8, 4) is 0 Å². The summed E-state index contributed by atoms with van der Waals surface area (Å²) >= 11 is 4.44. The fraction of sp³-hybridized carbons (Fsp3) is 0.857. The Morgan fingerprint density at radius 2 is 2.00 bits per heavy atom. The van der Waals surface area contributed by atoms with Gasteiger partial charge in [0.1, 0.15) is 0 Å². The van der Waals surface area contributed by atoms with Crippen molar-refractivity contribution in [2.75, 3.05) is 6.54 Å². The van der Waals surface area contributed by atoms with Gasteiger partial charge in [-0.25, -0.2) is 4.99 Å². The average molecular weight is 143 g/mol. The molecule has 0 N–H and O–H groups in total. The second-order valence-corrected chi connectivity index (χ2v) is 2.84. The smallest absolute Gasteiger partial charge is 0.0585 e. The van der Waals surface area contributed by atoms with Gasteiger partial charge in [0.25, 0.3) is 0 Å². The Kier molecular flexibility index (Phi) is 4.55. The zero-order valence-corrected chi connectivity index (χ0v) is 7.03. The maximum absolute atomic E-state index is 4.44. The molecule has 0 saturated heterocycles. The second kappa shape index (κ2) is 4.66. The Hall–Kier alpha value is -0.200. The van der Waals surface area contributed by atoms with Gasteiger partial charge in [-0.3, -0.25) is 0 Å². The summed E-state index contributed by atoms with van der Waals surface area (Å²) < 4.78 is 0. The van der Waals surface area contributed by atoms with E-state index in [-0.39, 0.29) is 0 Å². The van der Waals surface area contributed by atoms with E-state index in [2.05, 4.69) is 43.1 Å². The molecule has 2 heteroatoms. The Morgan fingerprint density at radius 3 is 2.33 bits per heavy atom. The van der Waals surface area contributed by atoms with E-state index in [1.54, 1.807) is 0 Å². The molecular weight excluding hydrogens is 130 g/mol. The van der Waals surface area contributed by atoms with E-state index < -0.39 is 0 Å². The summed E-state index contributed by atoms with van der Waals surface area (Å²) in [6, 6.07) is 0. The van der Waals surface area contributed by atoms with Gasteiger partial charge in [0.05, 0.1) is 11.7 Å². The van der Waals surface area contributed by atoms with Gasteiger partial charge in [0.2, 0.25) is 0 Å². The molecule has 1 unspecified atom stereocenters. The van der Waals surface area contributed by atoms with Crippen LogP contribution in [0.25, 0.3) is 0 Å². The summed E-state index contributed by atoms with van der Waals surface area (Å²) in [6.07, 6.45) is 0. The Morgan fingerprint density at radius 1 is 1.44 bits per heavy atom. The standard InChI is InChI=1S/C7H13NS/c1-6(2)7(3)4-8-5-9/h6-7H,4H2,1-3H3. The average Bonchev–Trinajstić information content (AvgIpc) is 1.82. The lowest BCUT2D eigenvalue weighted by Crippen LogP contribution is -2.06. The van der Waals surface area contributed by atoms with Crippen LogP contribution in [0.1, 0.15) is 20.8 Å². The van der Waals surface area contributed by atoms with Gasteiger partial charge in [0, 0.05) is 0 Å². The number of hydrogen-bond acceptors (Lipinski definition) is 2. The van der Waals surface area contributed by atoms with E-state index in [9.17, 15) is 0 Å². The predicted molar refractivity (Wildman–Crippen MR) is 43.9 cm³/mol. The lowest BCUT2D eigenvalue weighted by Gasteiger charge is -2.10. The van der Waals surface area contributed by atoms with Crippen molar-refractivity contribution in [2.24, 2.45) is 16.8 Å². The summed E-state index contributed by atoms with van der Waals surface area (Å²) in [6.45, 7) is 7.36. The Labute approximate surface area is 62.2 Å². The molecule has 0 aromatic rings. The molecule has 0 saturated carbocycles. The summed E-state index contributed by atoms with van der Waals surface area (Å²) in [5, 5.41) is 2.36. The zero-order chi connectivity index (χ0) is 7.28. The normalized spacial score (nSPS) is 12.9. The molecule has 1 atom stereocenters. The largest absolute Gasteiger partial charge is 0.232 e. The molecule has 0 aliphatic heterocycles. The van der Waals surface area contributed by atoms with E-state index in [1.165, 1.54) is 0 Å². The molecule has 0 aromatic carbocycles. The van der Waals surface area contributed by atoms with E-state index in [1.807, 2.05) is 0 Å². The SMILES string of the molecule is CC(C)C(C)CN=C=S. The Balaban J connectivity index is 3.49. The summed E-state index contributed by atoms with van der Waals surface area (Å²) in [4.78, 5) is 3.86. The van der Waals surface area contributed by atoms with Crippen molar-refractivity contribution in [1.82, 2.24) is 0 Å². The van der Waals surface area contributed by atoms with Crippen LogP contribution in [-0.2, 0) is 0 Å². The number of nitrogens with zero attached hydrogens (tertiary/aromatic N) is 1. The molecular formula is C7H13NS. The predicted octanol–water partition coefficient (Wildman–Crippen LogP) is 2.38. The molecule has 0 radical (unpaired) electrons. The number of hydrogen-bond donors (Lipinski definition) is 0. The van der Waals surface area contributed by atoms with Gasteiger partial charge in [-0.2, -0.15) is 0 Å². The molecule has 0 rings (SSSR count). The summed E-state index contributed by atoms with van der Waals surface area (Å²) in [7, 11) is 0. The first-order valence-electron chi connectivity index (χ1n) is 3.22. The molecule has 1 nitrogen and oxygen atoms in total. The van der Waals surface area contributed by atoms with Gasteiger partial charge in [-0.15, -0.1) is 0 Å². The molecule has 0 heterocycles. The van der Waals surface area contributed by atoms with Crippen molar-refractivity contribution in [2.45, 2.75) is 20.8 Å². The maximum atomic E-state index is 4.44. The van der Waals surface area contributed by atoms with Crippen LogP contribution in [0.15, 0.2) is 4.99 Å². The fourth-order valence-corrected chi connectivity index (χ4v) is 0.467. The van der Waals surface area contributed by atoms with Crippen molar-refractivity contribution in [1.29, 1.82) is 0 Å². The molecule has 0 fully saturated rings. The zero-order valence-electron chi connectivity index (χ0n) is 6.22. The van der Waals surface area contributed by atoms with Crippen molar-refractivity contribution < 1.29 is 0 Å². The lowest BCUT2D eigenvalue weighted by molar-refractivity contribution is 0.431. The van der Waals surface area contributed by atoms with Crippen LogP contribution in [0, 0.1) is 11.8 Å². The van der Waals surface area contributed by atoms with Crippen LogP contribution in [0.2, 0.25) is 0 Å². The van der Waals surface area contributed by atoms with Gasteiger partial charge in [-0.1, -0.05) is 20.8 Å². The third kappa shape index (κ3) is 4.31. The minimum Gasteiger partial charge on any atom is -0.232 e. The van der Waals surface area contributed by atoms with Crippen molar-refractivity contribution in [3.63, 3.8) is 0 Å². The van der Waals surface area contributed by atoms with Crippen molar-refractivity contribution >= 4 is 17.4 Å². The second-order valence-electron chi connectivity index (χ2n) is 2.65. The number of aliphatic imine (C=N–C) groups is 1. The number of rotatable bonds is 3. The molecule has 0 aliphatic rings.